The van der Waals surface area contributed by atoms with Gasteiger partial charge in [0.25, 0.3) is 0 Å². The van der Waals surface area contributed by atoms with Crippen molar-refractivity contribution in [2.75, 3.05) is 32.8 Å². The second kappa shape index (κ2) is 9.64. The summed E-state index contributed by atoms with van der Waals surface area (Å²) in [6.07, 6.45) is 0.895. The first kappa shape index (κ1) is 18.7. The molecule has 1 aliphatic heterocycles. The molecule has 1 fully saturated rings. The summed E-state index contributed by atoms with van der Waals surface area (Å²) >= 11 is 0. The van der Waals surface area contributed by atoms with E-state index in [1.807, 2.05) is 11.0 Å². The summed E-state index contributed by atoms with van der Waals surface area (Å²) in [6, 6.07) is 8.59. The summed E-state index contributed by atoms with van der Waals surface area (Å²) in [4.78, 5) is 16.8. The third kappa shape index (κ3) is 5.21. The highest BCUT2D eigenvalue weighted by Gasteiger charge is 2.22. The fourth-order valence-corrected chi connectivity index (χ4v) is 3.04. The Hall–Kier alpha value is -1.59. The van der Waals surface area contributed by atoms with Crippen molar-refractivity contribution in [2.45, 2.75) is 46.3 Å². The van der Waals surface area contributed by atoms with Crippen molar-refractivity contribution < 1.29 is 9.53 Å². The van der Waals surface area contributed by atoms with E-state index < -0.39 is 0 Å². The summed E-state index contributed by atoms with van der Waals surface area (Å²) in [7, 11) is 0. The lowest BCUT2D eigenvalue weighted by molar-refractivity contribution is 0.142. The van der Waals surface area contributed by atoms with Crippen LogP contribution in [0.25, 0.3) is 0 Å². The van der Waals surface area contributed by atoms with Gasteiger partial charge in [-0.1, -0.05) is 38.1 Å². The molecule has 5 nitrogen and oxygen atoms in total. The molecule has 5 heteroatoms. The number of nitrogens with zero attached hydrogens (tertiary/aromatic N) is 2. The first-order valence-corrected chi connectivity index (χ1v) is 9.07. The Morgan fingerprint density at radius 2 is 1.96 bits per heavy atom. The topological polar surface area (TPSA) is 44.8 Å². The number of ether oxygens (including phenoxy) is 1. The van der Waals surface area contributed by atoms with Gasteiger partial charge in [-0.25, -0.2) is 4.79 Å². The van der Waals surface area contributed by atoms with Crippen LogP contribution in [0.4, 0.5) is 4.79 Å². The van der Waals surface area contributed by atoms with Gasteiger partial charge in [-0.2, -0.15) is 0 Å². The molecule has 1 aromatic rings. The summed E-state index contributed by atoms with van der Waals surface area (Å²) in [5.41, 5.74) is 2.48. The zero-order valence-corrected chi connectivity index (χ0v) is 15.3. The lowest BCUT2D eigenvalue weighted by Crippen LogP contribution is -2.45. The molecule has 0 aliphatic carbocycles. The van der Waals surface area contributed by atoms with E-state index in [9.17, 15) is 4.79 Å². The van der Waals surface area contributed by atoms with E-state index in [-0.39, 0.29) is 12.1 Å². The highest BCUT2D eigenvalue weighted by Crippen LogP contribution is 2.13. The Bertz CT molecular complexity index is 517. The van der Waals surface area contributed by atoms with E-state index in [1.165, 1.54) is 11.1 Å². The van der Waals surface area contributed by atoms with Crippen molar-refractivity contribution in [1.82, 2.24) is 15.1 Å². The molecule has 2 rings (SSSR count). The Balaban J connectivity index is 1.97. The monoisotopic (exact) mass is 333 g/mol. The van der Waals surface area contributed by atoms with Gasteiger partial charge in [-0.15, -0.1) is 0 Å². The van der Waals surface area contributed by atoms with Crippen molar-refractivity contribution in [3.63, 3.8) is 0 Å². The number of carbonyl (C=O) groups is 1. The molecule has 1 N–H and O–H groups in total. The molecule has 1 unspecified atom stereocenters. The van der Waals surface area contributed by atoms with Crippen molar-refractivity contribution in [3.8, 4) is 0 Å². The average Bonchev–Trinajstić information content (AvgIpc) is 2.82. The second-order valence-corrected chi connectivity index (χ2v) is 6.33. The zero-order chi connectivity index (χ0) is 17.4. The molecule has 1 heterocycles. The minimum atomic E-state index is 0.00522. The van der Waals surface area contributed by atoms with Crippen LogP contribution in [0.5, 0.6) is 0 Å². The van der Waals surface area contributed by atoms with E-state index in [0.29, 0.717) is 19.7 Å². The molecule has 2 amide bonds. The lowest BCUT2D eigenvalue weighted by Gasteiger charge is -2.27. The maximum absolute atomic E-state index is 12.5. The van der Waals surface area contributed by atoms with Crippen LogP contribution in [0.2, 0.25) is 0 Å². The first-order valence-electron chi connectivity index (χ1n) is 9.07. The average molecular weight is 333 g/mol. The number of hydrogen-bond donors (Lipinski definition) is 1. The van der Waals surface area contributed by atoms with Crippen LogP contribution in [0.3, 0.4) is 0 Å². The molecular formula is C19H31N3O2. The van der Waals surface area contributed by atoms with Gasteiger partial charge in [0.1, 0.15) is 0 Å². The fraction of sp³-hybridized carbons (Fsp3) is 0.632. The van der Waals surface area contributed by atoms with Gasteiger partial charge in [0.2, 0.25) is 0 Å². The smallest absolute Gasteiger partial charge is 0.317 e. The van der Waals surface area contributed by atoms with Crippen LogP contribution in [-0.4, -0.2) is 54.7 Å². The van der Waals surface area contributed by atoms with Gasteiger partial charge in [0, 0.05) is 32.3 Å². The van der Waals surface area contributed by atoms with Crippen LogP contribution in [0.15, 0.2) is 24.3 Å². The molecule has 134 valence electrons. The quantitative estimate of drug-likeness (QED) is 0.871. The van der Waals surface area contributed by atoms with Crippen molar-refractivity contribution in [2.24, 2.45) is 0 Å². The van der Waals surface area contributed by atoms with Gasteiger partial charge < -0.3 is 15.0 Å². The van der Waals surface area contributed by atoms with Crippen molar-refractivity contribution >= 4 is 6.03 Å². The van der Waals surface area contributed by atoms with Gasteiger partial charge in [0.05, 0.1) is 6.61 Å². The zero-order valence-electron chi connectivity index (χ0n) is 15.3. The Morgan fingerprint density at radius 1 is 1.25 bits per heavy atom. The maximum atomic E-state index is 12.5. The Labute approximate surface area is 146 Å². The highest BCUT2D eigenvalue weighted by molar-refractivity contribution is 5.74. The van der Waals surface area contributed by atoms with Gasteiger partial charge in [-0.3, -0.25) is 4.90 Å². The molecule has 0 bridgehead atoms. The Kier molecular flexibility index (Phi) is 7.53. The summed E-state index contributed by atoms with van der Waals surface area (Å²) in [6.45, 7) is 12.0. The third-order valence-electron chi connectivity index (χ3n) is 4.79. The Morgan fingerprint density at radius 3 is 2.67 bits per heavy atom. The molecule has 1 saturated heterocycles. The van der Waals surface area contributed by atoms with E-state index in [4.69, 9.17) is 4.74 Å². The second-order valence-electron chi connectivity index (χ2n) is 6.33. The molecule has 0 aromatic heterocycles. The lowest BCUT2D eigenvalue weighted by atomic mass is 10.1. The van der Waals surface area contributed by atoms with Crippen LogP contribution < -0.4 is 5.32 Å². The fourth-order valence-electron chi connectivity index (χ4n) is 3.04. The van der Waals surface area contributed by atoms with Crippen LogP contribution >= 0.6 is 0 Å². The minimum Gasteiger partial charge on any atom is -0.380 e. The van der Waals surface area contributed by atoms with Crippen molar-refractivity contribution in [3.05, 3.63) is 35.4 Å². The summed E-state index contributed by atoms with van der Waals surface area (Å²) in [5, 5.41) is 3.09. The van der Waals surface area contributed by atoms with Crippen molar-refractivity contribution in [1.29, 1.82) is 0 Å². The number of nitrogens with one attached hydrogen (secondary N) is 1. The molecule has 0 spiro atoms. The molecular weight excluding hydrogens is 302 g/mol. The van der Waals surface area contributed by atoms with Gasteiger partial charge >= 0.3 is 6.03 Å². The highest BCUT2D eigenvalue weighted by atomic mass is 16.5. The molecule has 1 atom stereocenters. The molecule has 0 radical (unpaired) electrons. The van der Waals surface area contributed by atoms with Crippen LogP contribution in [0, 0.1) is 0 Å². The number of benzene rings is 1. The normalized spacial score (nSPS) is 18.5. The molecule has 1 aromatic carbocycles. The largest absolute Gasteiger partial charge is 0.380 e. The predicted octanol–water partition coefficient (Wildman–Crippen LogP) is 2.85. The van der Waals surface area contributed by atoms with Crippen LogP contribution in [-0.2, 0) is 17.8 Å². The number of amides is 2. The van der Waals surface area contributed by atoms with Crippen LogP contribution in [0.1, 0.15) is 38.3 Å². The van der Waals surface area contributed by atoms with E-state index in [2.05, 4.69) is 49.2 Å². The SMILES string of the molecule is CCN(CC)Cc1ccccc1CNC(=O)N1CCOCCC1C. The summed E-state index contributed by atoms with van der Waals surface area (Å²) in [5.74, 6) is 0. The van der Waals surface area contributed by atoms with Gasteiger partial charge in [0.15, 0.2) is 0 Å². The standard InChI is InChI=1S/C19H31N3O2/c1-4-21(5-2)15-18-9-7-6-8-17(18)14-20-19(23)22-11-13-24-12-10-16(22)3/h6-9,16H,4-5,10-15H2,1-3H3,(H,20,23). The maximum Gasteiger partial charge on any atom is 0.317 e. The molecule has 1 aliphatic rings. The summed E-state index contributed by atoms with van der Waals surface area (Å²) < 4.78 is 5.47. The number of urea groups is 1. The third-order valence-corrected chi connectivity index (χ3v) is 4.79. The molecule has 24 heavy (non-hydrogen) atoms. The van der Waals surface area contributed by atoms with E-state index in [0.717, 1.165) is 32.7 Å². The van der Waals surface area contributed by atoms with E-state index in [1.54, 1.807) is 0 Å². The molecule has 0 saturated carbocycles. The number of hydrogen-bond acceptors (Lipinski definition) is 3. The first-order chi connectivity index (χ1) is 11.7. The number of carbonyl (C=O) groups excluding carboxylic acids is 1. The van der Waals surface area contributed by atoms with Gasteiger partial charge in [-0.05, 0) is 37.6 Å². The minimum absolute atomic E-state index is 0.00522. The van der Waals surface area contributed by atoms with E-state index >= 15 is 0 Å². The predicted molar refractivity (Wildman–Crippen MR) is 96.9 cm³/mol. The number of rotatable bonds is 6.